The van der Waals surface area contributed by atoms with Gasteiger partial charge < -0.3 is 15.0 Å². The Morgan fingerprint density at radius 2 is 1.79 bits per heavy atom. The maximum atomic E-state index is 13.2. The van der Waals surface area contributed by atoms with Gasteiger partial charge in [0, 0.05) is 18.5 Å². The third-order valence-electron chi connectivity index (χ3n) is 5.73. The number of anilines is 2. The number of pyridine rings is 1. The molecule has 2 aromatic carbocycles. The number of carbonyl (C=O) groups is 1. The molecule has 0 bridgehead atoms. The lowest BCUT2D eigenvalue weighted by molar-refractivity contribution is -0.137. The number of carbonyl (C=O) groups excluding carboxylic acids is 1. The van der Waals surface area contributed by atoms with E-state index in [-0.39, 0.29) is 5.69 Å². The van der Waals surface area contributed by atoms with Crippen LogP contribution in [0, 0.1) is 11.8 Å². The molecule has 33 heavy (non-hydrogen) atoms. The van der Waals surface area contributed by atoms with Crippen LogP contribution in [-0.4, -0.2) is 30.6 Å². The highest BCUT2D eigenvalue weighted by atomic mass is 19.4. The Hall–Kier alpha value is -3.29. The van der Waals surface area contributed by atoms with Crippen molar-refractivity contribution in [2.24, 2.45) is 11.8 Å². The molecule has 1 amide bonds. The fourth-order valence-corrected chi connectivity index (χ4v) is 4.42. The van der Waals surface area contributed by atoms with Crippen molar-refractivity contribution in [2.45, 2.75) is 26.4 Å². The molecule has 1 saturated heterocycles. The van der Waals surface area contributed by atoms with Crippen LogP contribution in [0.3, 0.4) is 0 Å². The normalized spacial score (nSPS) is 18.9. The monoisotopic (exact) mass is 457 g/mol. The van der Waals surface area contributed by atoms with E-state index < -0.39 is 24.3 Å². The van der Waals surface area contributed by atoms with Crippen LogP contribution in [0.1, 0.15) is 25.8 Å². The van der Waals surface area contributed by atoms with Crippen molar-refractivity contribution >= 4 is 28.3 Å². The van der Waals surface area contributed by atoms with Gasteiger partial charge in [0.15, 0.2) is 6.61 Å². The van der Waals surface area contributed by atoms with Crippen molar-refractivity contribution < 1.29 is 22.7 Å². The number of amides is 1. The molecule has 2 unspecified atom stereocenters. The smallest absolute Gasteiger partial charge is 0.418 e. The van der Waals surface area contributed by atoms with Crippen LogP contribution in [0.5, 0.6) is 5.75 Å². The molecular formula is C25H26F3N3O2. The summed E-state index contributed by atoms with van der Waals surface area (Å²) in [6.45, 7) is 5.87. The number of piperidine rings is 1. The second-order valence-electron chi connectivity index (χ2n) is 8.73. The van der Waals surface area contributed by atoms with Gasteiger partial charge in [-0.2, -0.15) is 13.2 Å². The number of alkyl halides is 3. The Labute approximate surface area is 190 Å². The fourth-order valence-electron chi connectivity index (χ4n) is 4.42. The predicted molar refractivity (Wildman–Crippen MR) is 122 cm³/mol. The van der Waals surface area contributed by atoms with Crippen molar-refractivity contribution in [3.63, 3.8) is 0 Å². The zero-order valence-electron chi connectivity index (χ0n) is 18.5. The fraction of sp³-hybridized carbons (Fsp3) is 0.360. The zero-order valence-corrected chi connectivity index (χ0v) is 18.5. The van der Waals surface area contributed by atoms with Crippen molar-refractivity contribution in [3.05, 3.63) is 60.2 Å². The topological polar surface area (TPSA) is 54.5 Å². The lowest BCUT2D eigenvalue weighted by Gasteiger charge is -2.35. The lowest BCUT2D eigenvalue weighted by Crippen LogP contribution is -2.39. The number of hydrogen-bond donors (Lipinski definition) is 1. The van der Waals surface area contributed by atoms with Gasteiger partial charge in [0.25, 0.3) is 5.91 Å². The number of ether oxygens (including phenoxy) is 1. The first-order valence-electron chi connectivity index (χ1n) is 10.9. The van der Waals surface area contributed by atoms with E-state index in [0.29, 0.717) is 23.1 Å². The molecule has 1 N–H and O–H groups in total. The Morgan fingerprint density at radius 1 is 1.06 bits per heavy atom. The summed E-state index contributed by atoms with van der Waals surface area (Å²) in [5, 5.41) is 3.15. The molecule has 174 valence electrons. The van der Waals surface area contributed by atoms with E-state index in [0.717, 1.165) is 30.4 Å². The van der Waals surface area contributed by atoms with E-state index in [1.807, 2.05) is 18.2 Å². The molecule has 1 aromatic heterocycles. The molecule has 3 aromatic rings. The summed E-state index contributed by atoms with van der Waals surface area (Å²) >= 11 is 0. The molecule has 1 fully saturated rings. The van der Waals surface area contributed by atoms with Gasteiger partial charge in [0.2, 0.25) is 0 Å². The predicted octanol–water partition coefficient (Wildman–Crippen LogP) is 5.75. The van der Waals surface area contributed by atoms with Crippen molar-refractivity contribution in [1.29, 1.82) is 0 Å². The highest BCUT2D eigenvalue weighted by molar-refractivity contribution is 5.93. The molecule has 4 rings (SSSR count). The number of aromatic nitrogens is 1. The van der Waals surface area contributed by atoms with E-state index in [1.165, 1.54) is 24.6 Å². The Kier molecular flexibility index (Phi) is 6.44. The molecular weight excluding hydrogens is 431 g/mol. The lowest BCUT2D eigenvalue weighted by atomic mass is 9.92. The molecule has 0 aliphatic carbocycles. The van der Waals surface area contributed by atoms with E-state index in [4.69, 9.17) is 9.72 Å². The van der Waals surface area contributed by atoms with E-state index >= 15 is 0 Å². The van der Waals surface area contributed by atoms with E-state index in [2.05, 4.69) is 24.1 Å². The average molecular weight is 457 g/mol. The largest absolute Gasteiger partial charge is 0.481 e. The molecule has 1 aliphatic heterocycles. The van der Waals surface area contributed by atoms with Crippen molar-refractivity contribution in [3.8, 4) is 5.75 Å². The molecule has 5 nitrogen and oxygen atoms in total. The first kappa shape index (κ1) is 22.9. The minimum Gasteiger partial charge on any atom is -0.481 e. The Balaban J connectivity index is 1.50. The summed E-state index contributed by atoms with van der Waals surface area (Å²) in [5.41, 5.74) is -0.588. The molecule has 0 saturated carbocycles. The molecule has 0 spiro atoms. The van der Waals surface area contributed by atoms with Gasteiger partial charge in [0.1, 0.15) is 17.1 Å². The molecule has 2 atom stereocenters. The van der Waals surface area contributed by atoms with Gasteiger partial charge >= 0.3 is 6.18 Å². The summed E-state index contributed by atoms with van der Waals surface area (Å²) in [4.78, 5) is 19.4. The van der Waals surface area contributed by atoms with Crippen LogP contribution in [0.25, 0.3) is 10.9 Å². The molecule has 8 heteroatoms. The minimum absolute atomic E-state index is 0.301. The van der Waals surface area contributed by atoms with Crippen LogP contribution in [0.4, 0.5) is 24.7 Å². The van der Waals surface area contributed by atoms with Crippen LogP contribution in [-0.2, 0) is 11.0 Å². The number of fused-ring (bicyclic) bond motifs is 1. The van der Waals surface area contributed by atoms with Gasteiger partial charge in [-0.1, -0.05) is 38.1 Å². The number of halogens is 3. The van der Waals surface area contributed by atoms with Crippen molar-refractivity contribution in [2.75, 3.05) is 29.9 Å². The van der Waals surface area contributed by atoms with Gasteiger partial charge in [-0.15, -0.1) is 0 Å². The number of nitrogens with one attached hydrogen (secondary N) is 1. The molecule has 2 heterocycles. The number of nitrogens with zero attached hydrogens (tertiary/aromatic N) is 2. The van der Waals surface area contributed by atoms with Crippen molar-refractivity contribution in [1.82, 2.24) is 4.98 Å². The SMILES string of the molecule is CC1CC(C)CN(c2ccc3cccc(OCC(=O)Nc4ccccc4C(F)(F)F)c3n2)C1. The number of rotatable bonds is 5. The van der Waals surface area contributed by atoms with E-state index in [1.54, 1.807) is 12.1 Å². The van der Waals surface area contributed by atoms with Gasteiger partial charge in [0.05, 0.1) is 11.3 Å². The quantitative estimate of drug-likeness (QED) is 0.530. The maximum absolute atomic E-state index is 13.2. The first-order valence-corrected chi connectivity index (χ1v) is 10.9. The summed E-state index contributed by atoms with van der Waals surface area (Å²) in [6.07, 6.45) is -3.38. The van der Waals surface area contributed by atoms with Gasteiger partial charge in [-0.25, -0.2) is 4.98 Å². The second-order valence-corrected chi connectivity index (χ2v) is 8.73. The highest BCUT2D eigenvalue weighted by Crippen LogP contribution is 2.34. The maximum Gasteiger partial charge on any atom is 0.418 e. The average Bonchev–Trinajstić information content (AvgIpc) is 2.76. The molecule has 0 radical (unpaired) electrons. The summed E-state index contributed by atoms with van der Waals surface area (Å²) < 4.78 is 45.2. The number of benzene rings is 2. The number of hydrogen-bond acceptors (Lipinski definition) is 4. The summed E-state index contributed by atoms with van der Waals surface area (Å²) in [6, 6.07) is 14.2. The third kappa shape index (κ3) is 5.38. The highest BCUT2D eigenvalue weighted by Gasteiger charge is 2.33. The van der Waals surface area contributed by atoms with Crippen LogP contribution in [0.15, 0.2) is 54.6 Å². The number of para-hydroxylation sites is 2. The summed E-state index contributed by atoms with van der Waals surface area (Å²) in [5.74, 6) is 1.72. The van der Waals surface area contributed by atoms with Gasteiger partial charge in [-0.3, -0.25) is 4.79 Å². The zero-order chi connectivity index (χ0) is 23.6. The Morgan fingerprint density at radius 3 is 2.52 bits per heavy atom. The van der Waals surface area contributed by atoms with E-state index in [9.17, 15) is 18.0 Å². The first-order chi connectivity index (χ1) is 15.7. The minimum atomic E-state index is -4.57. The molecule has 1 aliphatic rings. The summed E-state index contributed by atoms with van der Waals surface area (Å²) in [7, 11) is 0. The van der Waals surface area contributed by atoms with Crippen LogP contribution >= 0.6 is 0 Å². The van der Waals surface area contributed by atoms with Gasteiger partial charge in [-0.05, 0) is 48.6 Å². The standard InChI is InChI=1S/C25H26F3N3O2/c1-16-12-17(2)14-31(13-16)22-11-10-18-6-5-9-21(24(18)30-22)33-15-23(32)29-20-8-4-3-7-19(20)25(26,27)28/h3-11,16-17H,12-15H2,1-2H3,(H,29,32). The third-order valence-corrected chi connectivity index (χ3v) is 5.73. The Bertz CT molecular complexity index is 1140. The van der Waals surface area contributed by atoms with Crippen LogP contribution in [0.2, 0.25) is 0 Å². The second kappa shape index (κ2) is 9.29. The van der Waals surface area contributed by atoms with Crippen LogP contribution < -0.4 is 15.0 Å².